The number of hydrogen-bond donors (Lipinski definition) is 1. The van der Waals surface area contributed by atoms with Crippen molar-refractivity contribution in [3.05, 3.63) is 46.7 Å². The molecule has 2 aromatic rings. The summed E-state index contributed by atoms with van der Waals surface area (Å²) in [5, 5.41) is 1.76. The number of imidazole rings is 1. The van der Waals surface area contributed by atoms with Crippen molar-refractivity contribution < 1.29 is 0 Å². The Morgan fingerprint density at radius 2 is 2.29 bits per heavy atom. The molecular formula is C12H14ClN3S. The molecule has 0 aliphatic heterocycles. The standard InChI is InChI=1S/C12H14ClN3S/c1-16-5-4-15-12(16)17-8-10-3-2-9(7-14)6-11(10)13/h2-6H,7-8,14H2,1H3. The maximum Gasteiger partial charge on any atom is 0.167 e. The number of aromatic nitrogens is 2. The van der Waals surface area contributed by atoms with E-state index >= 15 is 0 Å². The molecule has 90 valence electrons. The molecule has 0 aliphatic rings. The van der Waals surface area contributed by atoms with Crippen LogP contribution in [0.2, 0.25) is 5.02 Å². The van der Waals surface area contributed by atoms with Crippen LogP contribution in [-0.2, 0) is 19.3 Å². The quantitative estimate of drug-likeness (QED) is 0.867. The van der Waals surface area contributed by atoms with Gasteiger partial charge in [-0.25, -0.2) is 4.98 Å². The van der Waals surface area contributed by atoms with E-state index < -0.39 is 0 Å². The fourth-order valence-corrected chi connectivity index (χ4v) is 2.75. The van der Waals surface area contributed by atoms with Crippen LogP contribution < -0.4 is 5.73 Å². The third-order valence-electron chi connectivity index (χ3n) is 2.49. The minimum Gasteiger partial charge on any atom is -0.329 e. The fraction of sp³-hybridized carbons (Fsp3) is 0.250. The molecule has 0 amide bonds. The maximum absolute atomic E-state index is 6.19. The van der Waals surface area contributed by atoms with E-state index in [9.17, 15) is 0 Å². The van der Waals surface area contributed by atoms with Crippen LogP contribution in [0.1, 0.15) is 11.1 Å². The molecule has 2 rings (SSSR count). The van der Waals surface area contributed by atoms with Gasteiger partial charge in [0.05, 0.1) is 0 Å². The number of aryl methyl sites for hydroxylation is 1. The lowest BCUT2D eigenvalue weighted by molar-refractivity contribution is 0.790. The second-order valence-corrected chi connectivity index (χ2v) is 5.09. The van der Waals surface area contributed by atoms with Crippen LogP contribution in [0.5, 0.6) is 0 Å². The van der Waals surface area contributed by atoms with Gasteiger partial charge in [0.25, 0.3) is 0 Å². The summed E-state index contributed by atoms with van der Waals surface area (Å²) in [6.45, 7) is 0.520. The van der Waals surface area contributed by atoms with Gasteiger partial charge in [0.1, 0.15) is 0 Å². The molecule has 17 heavy (non-hydrogen) atoms. The third kappa shape index (κ3) is 3.03. The number of hydrogen-bond acceptors (Lipinski definition) is 3. The largest absolute Gasteiger partial charge is 0.329 e. The Bertz CT molecular complexity index is 510. The molecule has 2 N–H and O–H groups in total. The van der Waals surface area contributed by atoms with Gasteiger partial charge in [-0.2, -0.15) is 0 Å². The Labute approximate surface area is 110 Å². The van der Waals surface area contributed by atoms with Crippen molar-refractivity contribution in [1.29, 1.82) is 0 Å². The minimum absolute atomic E-state index is 0.520. The summed E-state index contributed by atoms with van der Waals surface area (Å²) in [6.07, 6.45) is 3.73. The van der Waals surface area contributed by atoms with Crippen molar-refractivity contribution >= 4 is 23.4 Å². The first-order chi connectivity index (χ1) is 8.20. The summed E-state index contributed by atoms with van der Waals surface area (Å²) in [6, 6.07) is 5.97. The zero-order valence-corrected chi connectivity index (χ0v) is 11.1. The molecule has 1 aromatic carbocycles. The Kier molecular flexibility index (Phi) is 4.10. The molecule has 3 nitrogen and oxygen atoms in total. The zero-order chi connectivity index (χ0) is 12.3. The topological polar surface area (TPSA) is 43.8 Å². The molecule has 0 saturated carbocycles. The Hall–Kier alpha value is -0.970. The number of benzene rings is 1. The zero-order valence-electron chi connectivity index (χ0n) is 9.56. The molecule has 0 saturated heterocycles. The normalized spacial score (nSPS) is 10.8. The summed E-state index contributed by atoms with van der Waals surface area (Å²) < 4.78 is 1.99. The minimum atomic E-state index is 0.520. The highest BCUT2D eigenvalue weighted by atomic mass is 35.5. The predicted octanol–water partition coefficient (Wildman–Crippen LogP) is 2.82. The van der Waals surface area contributed by atoms with Crippen LogP contribution in [0.4, 0.5) is 0 Å². The molecule has 0 unspecified atom stereocenters. The lowest BCUT2D eigenvalue weighted by Gasteiger charge is -2.06. The van der Waals surface area contributed by atoms with Crippen molar-refractivity contribution in [2.24, 2.45) is 12.8 Å². The molecule has 5 heteroatoms. The molecule has 1 heterocycles. The van der Waals surface area contributed by atoms with E-state index in [1.807, 2.05) is 36.0 Å². The first-order valence-corrected chi connectivity index (χ1v) is 6.64. The van der Waals surface area contributed by atoms with E-state index in [4.69, 9.17) is 17.3 Å². The Morgan fingerprint density at radius 1 is 1.47 bits per heavy atom. The van der Waals surface area contributed by atoms with Crippen molar-refractivity contribution in [1.82, 2.24) is 9.55 Å². The first kappa shape index (κ1) is 12.5. The van der Waals surface area contributed by atoms with E-state index in [1.54, 1.807) is 18.0 Å². The Balaban J connectivity index is 2.07. The molecule has 0 radical (unpaired) electrons. The first-order valence-electron chi connectivity index (χ1n) is 5.28. The second-order valence-electron chi connectivity index (χ2n) is 3.74. The predicted molar refractivity (Wildman–Crippen MR) is 72.1 cm³/mol. The van der Waals surface area contributed by atoms with Gasteiger partial charge in [0.2, 0.25) is 0 Å². The summed E-state index contributed by atoms with van der Waals surface area (Å²) in [5.41, 5.74) is 7.73. The van der Waals surface area contributed by atoms with E-state index in [1.165, 1.54) is 0 Å². The summed E-state index contributed by atoms with van der Waals surface area (Å²) in [4.78, 5) is 4.26. The van der Waals surface area contributed by atoms with Crippen molar-refractivity contribution in [2.45, 2.75) is 17.5 Å². The smallest absolute Gasteiger partial charge is 0.167 e. The molecule has 0 aliphatic carbocycles. The van der Waals surface area contributed by atoms with Gasteiger partial charge in [0, 0.05) is 36.8 Å². The van der Waals surface area contributed by atoms with E-state index in [-0.39, 0.29) is 0 Å². The van der Waals surface area contributed by atoms with Gasteiger partial charge in [-0.1, -0.05) is 35.5 Å². The highest BCUT2D eigenvalue weighted by Gasteiger charge is 2.05. The van der Waals surface area contributed by atoms with Gasteiger partial charge in [0.15, 0.2) is 5.16 Å². The van der Waals surface area contributed by atoms with Crippen molar-refractivity contribution in [3.8, 4) is 0 Å². The number of nitrogens with two attached hydrogens (primary N) is 1. The summed E-state index contributed by atoms with van der Waals surface area (Å²) in [7, 11) is 1.98. The van der Waals surface area contributed by atoms with Gasteiger partial charge >= 0.3 is 0 Å². The van der Waals surface area contributed by atoms with Crippen LogP contribution in [-0.4, -0.2) is 9.55 Å². The van der Waals surface area contributed by atoms with Gasteiger partial charge < -0.3 is 10.3 Å². The van der Waals surface area contributed by atoms with Crippen molar-refractivity contribution in [2.75, 3.05) is 0 Å². The van der Waals surface area contributed by atoms with Crippen LogP contribution in [0.25, 0.3) is 0 Å². The third-order valence-corrected chi connectivity index (χ3v) is 3.95. The molecule has 1 aromatic heterocycles. The average Bonchev–Trinajstić information content (AvgIpc) is 2.73. The highest BCUT2D eigenvalue weighted by molar-refractivity contribution is 7.98. The molecule has 0 fully saturated rings. The van der Waals surface area contributed by atoms with E-state index in [0.717, 1.165) is 27.1 Å². The number of thioether (sulfide) groups is 1. The Morgan fingerprint density at radius 3 is 2.88 bits per heavy atom. The van der Waals surface area contributed by atoms with Gasteiger partial charge in [-0.3, -0.25) is 0 Å². The number of halogens is 1. The monoisotopic (exact) mass is 267 g/mol. The number of rotatable bonds is 4. The molecule has 0 spiro atoms. The van der Waals surface area contributed by atoms with Crippen LogP contribution in [0, 0.1) is 0 Å². The fourth-order valence-electron chi connectivity index (χ4n) is 1.47. The SMILES string of the molecule is Cn1ccnc1SCc1ccc(CN)cc1Cl. The van der Waals surface area contributed by atoms with Crippen LogP contribution in [0.15, 0.2) is 35.7 Å². The van der Waals surface area contributed by atoms with E-state index in [2.05, 4.69) is 4.98 Å². The molecular weight excluding hydrogens is 254 g/mol. The average molecular weight is 268 g/mol. The molecule has 0 bridgehead atoms. The summed E-state index contributed by atoms with van der Waals surface area (Å²) in [5.74, 6) is 0.814. The van der Waals surface area contributed by atoms with Gasteiger partial charge in [-0.15, -0.1) is 0 Å². The lowest BCUT2D eigenvalue weighted by Crippen LogP contribution is -1.97. The molecule has 0 atom stereocenters. The van der Waals surface area contributed by atoms with Crippen LogP contribution in [0.3, 0.4) is 0 Å². The summed E-state index contributed by atoms with van der Waals surface area (Å²) >= 11 is 7.86. The van der Waals surface area contributed by atoms with Gasteiger partial charge in [-0.05, 0) is 17.2 Å². The van der Waals surface area contributed by atoms with Crippen molar-refractivity contribution in [3.63, 3.8) is 0 Å². The highest BCUT2D eigenvalue weighted by Crippen LogP contribution is 2.26. The second kappa shape index (κ2) is 5.58. The number of nitrogens with zero attached hydrogens (tertiary/aromatic N) is 2. The van der Waals surface area contributed by atoms with E-state index in [0.29, 0.717) is 6.54 Å². The maximum atomic E-state index is 6.19. The lowest BCUT2D eigenvalue weighted by atomic mass is 10.1. The van der Waals surface area contributed by atoms with Crippen LogP contribution >= 0.6 is 23.4 Å².